The molecule has 1 rings (SSSR count). The Morgan fingerprint density at radius 2 is 2.07 bits per heavy atom. The Kier molecular flexibility index (Phi) is 5.14. The lowest BCUT2D eigenvalue weighted by atomic mass is 10.6. The lowest BCUT2D eigenvalue weighted by Gasteiger charge is -2.16. The molecule has 0 aliphatic heterocycles. The molecule has 0 N–H and O–H groups in total. The Morgan fingerprint density at radius 1 is 1.43 bits per heavy atom. The first-order valence-corrected chi connectivity index (χ1v) is 5.46. The van der Waals surface area contributed by atoms with Gasteiger partial charge in [-0.25, -0.2) is 4.98 Å². The Hall–Kier alpha value is -0.390. The van der Waals surface area contributed by atoms with Crippen LogP contribution >= 0.6 is 15.9 Å². The van der Waals surface area contributed by atoms with Gasteiger partial charge >= 0.3 is 0 Å². The highest BCUT2D eigenvalue weighted by Crippen LogP contribution is 2.06. The summed E-state index contributed by atoms with van der Waals surface area (Å²) in [6.45, 7) is 5.88. The zero-order valence-corrected chi connectivity index (χ0v) is 10.0. The van der Waals surface area contributed by atoms with Crippen LogP contribution in [0.15, 0.2) is 17.1 Å². The lowest BCUT2D eigenvalue weighted by molar-refractivity contribution is -0.143. The minimum atomic E-state index is -0.189. The molecule has 0 saturated heterocycles. The van der Waals surface area contributed by atoms with E-state index in [9.17, 15) is 0 Å². The maximum absolute atomic E-state index is 5.41. The zero-order chi connectivity index (χ0) is 10.4. The van der Waals surface area contributed by atoms with E-state index in [-0.39, 0.29) is 6.29 Å². The van der Waals surface area contributed by atoms with E-state index in [2.05, 4.69) is 20.9 Å². The van der Waals surface area contributed by atoms with Crippen molar-refractivity contribution in [3.63, 3.8) is 0 Å². The highest BCUT2D eigenvalue weighted by Gasteiger charge is 2.08. The first kappa shape index (κ1) is 11.7. The van der Waals surface area contributed by atoms with Crippen LogP contribution in [-0.2, 0) is 16.0 Å². The third kappa shape index (κ3) is 3.77. The highest BCUT2D eigenvalue weighted by molar-refractivity contribution is 9.10. The fraction of sp³-hybridized carbons (Fsp3) is 0.667. The van der Waals surface area contributed by atoms with Gasteiger partial charge < -0.3 is 14.0 Å². The van der Waals surface area contributed by atoms with Gasteiger partial charge in [0.15, 0.2) is 6.29 Å². The van der Waals surface area contributed by atoms with Crippen LogP contribution in [0.5, 0.6) is 0 Å². The van der Waals surface area contributed by atoms with Crippen LogP contribution in [0, 0.1) is 0 Å². The second-order valence-corrected chi connectivity index (χ2v) is 3.55. The van der Waals surface area contributed by atoms with Gasteiger partial charge in [-0.05, 0) is 29.8 Å². The summed E-state index contributed by atoms with van der Waals surface area (Å²) in [6.07, 6.45) is 3.45. The van der Waals surface area contributed by atoms with Crippen LogP contribution in [-0.4, -0.2) is 29.1 Å². The van der Waals surface area contributed by atoms with Gasteiger partial charge in [0.25, 0.3) is 0 Å². The number of aromatic nitrogens is 2. The fourth-order valence-electron chi connectivity index (χ4n) is 1.13. The van der Waals surface area contributed by atoms with Gasteiger partial charge in [0, 0.05) is 19.4 Å². The van der Waals surface area contributed by atoms with Gasteiger partial charge in [0.1, 0.15) is 4.60 Å². The third-order valence-electron chi connectivity index (χ3n) is 1.67. The van der Waals surface area contributed by atoms with Gasteiger partial charge in [0.05, 0.1) is 12.9 Å². The molecule has 0 spiro atoms. The van der Waals surface area contributed by atoms with Crippen LogP contribution in [0.3, 0.4) is 0 Å². The van der Waals surface area contributed by atoms with E-state index in [1.165, 1.54) is 0 Å². The minimum absolute atomic E-state index is 0.189. The van der Waals surface area contributed by atoms with Gasteiger partial charge in [-0.3, -0.25) is 0 Å². The number of hydrogen-bond donors (Lipinski definition) is 0. The molecule has 0 unspecified atom stereocenters. The predicted molar refractivity (Wildman–Crippen MR) is 57.0 cm³/mol. The maximum Gasteiger partial charge on any atom is 0.175 e. The molecule has 1 heterocycles. The third-order valence-corrected chi connectivity index (χ3v) is 2.08. The second-order valence-electron chi connectivity index (χ2n) is 2.73. The molecule has 0 aromatic carbocycles. The number of ether oxygens (including phenoxy) is 2. The number of nitrogens with zero attached hydrogens (tertiary/aromatic N) is 2. The Morgan fingerprint density at radius 3 is 2.50 bits per heavy atom. The second kappa shape index (κ2) is 6.16. The molecule has 0 bridgehead atoms. The largest absolute Gasteiger partial charge is 0.351 e. The van der Waals surface area contributed by atoms with Gasteiger partial charge in [-0.15, -0.1) is 0 Å². The fourth-order valence-corrected chi connectivity index (χ4v) is 1.48. The normalized spacial score (nSPS) is 11.1. The first-order valence-electron chi connectivity index (χ1n) is 4.66. The van der Waals surface area contributed by atoms with Crippen molar-refractivity contribution >= 4 is 15.9 Å². The molecular formula is C9H15BrN2O2. The summed E-state index contributed by atoms with van der Waals surface area (Å²) in [6, 6.07) is 0. The van der Waals surface area contributed by atoms with E-state index in [0.717, 1.165) is 4.60 Å². The van der Waals surface area contributed by atoms with Gasteiger partial charge in [0.2, 0.25) is 0 Å². The van der Waals surface area contributed by atoms with E-state index in [4.69, 9.17) is 9.47 Å². The smallest absolute Gasteiger partial charge is 0.175 e. The Labute approximate surface area is 92.4 Å². The van der Waals surface area contributed by atoms with E-state index in [1.54, 1.807) is 6.33 Å². The molecule has 1 aromatic heterocycles. The van der Waals surface area contributed by atoms with Crippen molar-refractivity contribution in [2.24, 2.45) is 0 Å². The maximum atomic E-state index is 5.41. The zero-order valence-electron chi connectivity index (χ0n) is 8.44. The highest BCUT2D eigenvalue weighted by atomic mass is 79.9. The standard InChI is InChI=1S/C9H15BrN2O2/c1-3-13-9(14-4-2)6-12-5-8(10)11-7-12/h5,7,9H,3-4,6H2,1-2H3. The van der Waals surface area contributed by atoms with Crippen molar-refractivity contribution in [3.8, 4) is 0 Å². The molecule has 0 radical (unpaired) electrons. The van der Waals surface area contributed by atoms with E-state index < -0.39 is 0 Å². The van der Waals surface area contributed by atoms with Crippen molar-refractivity contribution < 1.29 is 9.47 Å². The minimum Gasteiger partial charge on any atom is -0.351 e. The first-order chi connectivity index (χ1) is 6.76. The van der Waals surface area contributed by atoms with E-state index in [1.807, 2.05) is 24.6 Å². The quantitative estimate of drug-likeness (QED) is 0.737. The lowest BCUT2D eigenvalue weighted by Crippen LogP contribution is -2.23. The van der Waals surface area contributed by atoms with Crippen LogP contribution in [0.4, 0.5) is 0 Å². The van der Waals surface area contributed by atoms with Crippen molar-refractivity contribution in [3.05, 3.63) is 17.1 Å². The SMILES string of the molecule is CCOC(Cn1cnc(Br)c1)OCC. The van der Waals surface area contributed by atoms with Crippen LogP contribution in [0.2, 0.25) is 0 Å². The molecular weight excluding hydrogens is 248 g/mol. The average molecular weight is 263 g/mol. The predicted octanol–water partition coefficient (Wildman–Crippen LogP) is 2.04. The van der Waals surface area contributed by atoms with Crippen molar-refractivity contribution in [1.29, 1.82) is 0 Å². The number of halogens is 1. The summed E-state index contributed by atoms with van der Waals surface area (Å²) in [5.41, 5.74) is 0. The van der Waals surface area contributed by atoms with Crippen molar-refractivity contribution in [2.75, 3.05) is 13.2 Å². The number of hydrogen-bond acceptors (Lipinski definition) is 3. The van der Waals surface area contributed by atoms with Crippen LogP contribution in [0.25, 0.3) is 0 Å². The van der Waals surface area contributed by atoms with Gasteiger partial charge in [-0.2, -0.15) is 0 Å². The molecule has 80 valence electrons. The number of imidazole rings is 1. The molecule has 0 saturated carbocycles. The summed E-state index contributed by atoms with van der Waals surface area (Å²) in [5, 5.41) is 0. The topological polar surface area (TPSA) is 36.3 Å². The summed E-state index contributed by atoms with van der Waals surface area (Å²) in [4.78, 5) is 4.06. The van der Waals surface area contributed by atoms with Crippen molar-refractivity contribution in [2.45, 2.75) is 26.7 Å². The molecule has 0 atom stereocenters. The van der Waals surface area contributed by atoms with Crippen molar-refractivity contribution in [1.82, 2.24) is 9.55 Å². The molecule has 5 heteroatoms. The Balaban J connectivity index is 2.46. The molecule has 4 nitrogen and oxygen atoms in total. The average Bonchev–Trinajstić information content (AvgIpc) is 2.52. The summed E-state index contributed by atoms with van der Waals surface area (Å²) < 4.78 is 13.6. The molecule has 14 heavy (non-hydrogen) atoms. The molecule has 0 aliphatic carbocycles. The van der Waals surface area contributed by atoms with E-state index >= 15 is 0 Å². The van der Waals surface area contributed by atoms with Crippen LogP contribution in [0.1, 0.15) is 13.8 Å². The monoisotopic (exact) mass is 262 g/mol. The summed E-state index contributed by atoms with van der Waals surface area (Å²) in [5.74, 6) is 0. The molecule has 0 fully saturated rings. The van der Waals surface area contributed by atoms with Crippen LogP contribution < -0.4 is 0 Å². The Bertz CT molecular complexity index is 259. The molecule has 1 aromatic rings. The summed E-state index contributed by atoms with van der Waals surface area (Å²) >= 11 is 3.29. The summed E-state index contributed by atoms with van der Waals surface area (Å²) in [7, 11) is 0. The molecule has 0 aliphatic rings. The van der Waals surface area contributed by atoms with E-state index in [0.29, 0.717) is 19.8 Å². The number of rotatable bonds is 6. The van der Waals surface area contributed by atoms with Gasteiger partial charge in [-0.1, -0.05) is 0 Å². The molecule has 0 amide bonds.